The number of hydrogen-bond acceptors (Lipinski definition) is 5. The van der Waals surface area contributed by atoms with Gasteiger partial charge in [0.2, 0.25) is 0 Å². The van der Waals surface area contributed by atoms with Gasteiger partial charge in [-0.15, -0.1) is 4.72 Å². The zero-order valence-electron chi connectivity index (χ0n) is 15.1. The standard InChI is InChI=1S/C20H21FN4OS/c1-13(2)10-25-27(26)19-6-4-3-5-15(19)14-7-8-16(17(21)9-14)18-11-24-20(22)12-23-18/h3-9,11-13,25H,10H2,1-2H3,(H2,22,24). The van der Waals surface area contributed by atoms with Gasteiger partial charge in [0.25, 0.3) is 0 Å². The minimum absolute atomic E-state index is 0.279. The molecule has 0 fully saturated rings. The number of nitrogens with one attached hydrogen (secondary N) is 1. The number of nitrogens with zero attached hydrogens (tertiary/aromatic N) is 2. The third kappa shape index (κ3) is 4.63. The number of aromatic nitrogens is 2. The number of hydrogen-bond donors (Lipinski definition) is 2. The summed E-state index contributed by atoms with van der Waals surface area (Å²) in [5.41, 5.74) is 7.64. The molecule has 0 saturated carbocycles. The lowest BCUT2D eigenvalue weighted by atomic mass is 10.0. The molecule has 0 spiro atoms. The van der Waals surface area contributed by atoms with E-state index < -0.39 is 17.2 Å². The molecule has 0 amide bonds. The number of anilines is 1. The second-order valence-corrected chi connectivity index (χ2v) is 7.79. The zero-order chi connectivity index (χ0) is 19.4. The van der Waals surface area contributed by atoms with Crippen molar-refractivity contribution in [3.63, 3.8) is 0 Å². The van der Waals surface area contributed by atoms with Crippen LogP contribution in [0.15, 0.2) is 59.8 Å². The predicted molar refractivity (Wildman–Crippen MR) is 107 cm³/mol. The van der Waals surface area contributed by atoms with Crippen molar-refractivity contribution in [3.8, 4) is 22.4 Å². The Morgan fingerprint density at radius 1 is 1.11 bits per heavy atom. The average molecular weight is 384 g/mol. The van der Waals surface area contributed by atoms with E-state index in [-0.39, 0.29) is 5.82 Å². The number of nitrogens with two attached hydrogens (primary N) is 1. The summed E-state index contributed by atoms with van der Waals surface area (Å²) in [6, 6.07) is 12.1. The van der Waals surface area contributed by atoms with Crippen molar-refractivity contribution >= 4 is 17.2 Å². The van der Waals surface area contributed by atoms with E-state index in [0.29, 0.717) is 34.2 Å². The maximum atomic E-state index is 14.7. The largest absolute Gasteiger partial charge is 0.593 e. The molecule has 2 aromatic carbocycles. The maximum Gasteiger partial charge on any atom is 0.181 e. The van der Waals surface area contributed by atoms with E-state index in [0.717, 1.165) is 5.56 Å². The van der Waals surface area contributed by atoms with E-state index in [1.807, 2.05) is 32.0 Å². The monoisotopic (exact) mass is 384 g/mol. The van der Waals surface area contributed by atoms with Gasteiger partial charge >= 0.3 is 0 Å². The highest BCUT2D eigenvalue weighted by molar-refractivity contribution is 7.89. The van der Waals surface area contributed by atoms with E-state index in [4.69, 9.17) is 5.73 Å². The van der Waals surface area contributed by atoms with Crippen LogP contribution in [-0.2, 0) is 11.4 Å². The van der Waals surface area contributed by atoms with Gasteiger partial charge < -0.3 is 10.3 Å². The molecule has 3 aromatic rings. The van der Waals surface area contributed by atoms with Gasteiger partial charge in [-0.25, -0.2) is 9.37 Å². The van der Waals surface area contributed by atoms with Gasteiger partial charge in [0.1, 0.15) is 11.6 Å². The first-order chi connectivity index (χ1) is 13.0. The summed E-state index contributed by atoms with van der Waals surface area (Å²) in [5, 5.41) is 0. The fraction of sp³-hybridized carbons (Fsp3) is 0.200. The molecular formula is C20H21FN4OS. The van der Waals surface area contributed by atoms with Crippen LogP contribution in [0.5, 0.6) is 0 Å². The summed E-state index contributed by atoms with van der Waals surface area (Å²) < 4.78 is 30.4. The molecule has 7 heteroatoms. The summed E-state index contributed by atoms with van der Waals surface area (Å²) in [7, 11) is 0. The fourth-order valence-corrected chi connectivity index (χ4v) is 3.78. The highest BCUT2D eigenvalue weighted by Gasteiger charge is 2.19. The summed E-state index contributed by atoms with van der Waals surface area (Å²) in [6.07, 6.45) is 2.83. The van der Waals surface area contributed by atoms with Crippen LogP contribution in [0.3, 0.4) is 0 Å². The van der Waals surface area contributed by atoms with Crippen LogP contribution in [-0.4, -0.2) is 21.1 Å². The van der Waals surface area contributed by atoms with Crippen LogP contribution in [0.2, 0.25) is 0 Å². The Balaban J connectivity index is 1.93. The van der Waals surface area contributed by atoms with E-state index >= 15 is 0 Å². The molecule has 0 bridgehead atoms. The van der Waals surface area contributed by atoms with Crippen LogP contribution in [0.4, 0.5) is 10.2 Å². The smallest absolute Gasteiger partial charge is 0.181 e. The fourth-order valence-electron chi connectivity index (χ4n) is 2.55. The van der Waals surface area contributed by atoms with Crippen LogP contribution in [0.1, 0.15) is 13.8 Å². The molecule has 3 rings (SSSR count). The Labute approximate surface area is 161 Å². The lowest BCUT2D eigenvalue weighted by molar-refractivity contribution is 0.559. The van der Waals surface area contributed by atoms with Crippen LogP contribution in [0, 0.1) is 11.7 Å². The molecule has 0 radical (unpaired) electrons. The molecule has 0 aliphatic heterocycles. The van der Waals surface area contributed by atoms with Gasteiger partial charge in [-0.05, 0) is 35.7 Å². The second kappa shape index (κ2) is 8.47. The Morgan fingerprint density at radius 2 is 1.89 bits per heavy atom. The average Bonchev–Trinajstić information content (AvgIpc) is 2.67. The van der Waals surface area contributed by atoms with Crippen molar-refractivity contribution in [1.29, 1.82) is 0 Å². The van der Waals surface area contributed by atoms with Gasteiger partial charge in [0.05, 0.1) is 29.4 Å². The minimum atomic E-state index is -1.38. The first-order valence-electron chi connectivity index (χ1n) is 8.58. The number of rotatable bonds is 6. The Morgan fingerprint density at radius 3 is 2.56 bits per heavy atom. The van der Waals surface area contributed by atoms with Gasteiger partial charge in [-0.1, -0.05) is 32.0 Å². The summed E-state index contributed by atoms with van der Waals surface area (Å²) in [6.45, 7) is 4.72. The Hall–Kier alpha value is -2.48. The van der Waals surface area contributed by atoms with E-state index in [2.05, 4.69) is 14.7 Å². The third-order valence-electron chi connectivity index (χ3n) is 3.94. The quantitative estimate of drug-likeness (QED) is 0.631. The normalized spacial score (nSPS) is 12.3. The predicted octanol–water partition coefficient (Wildman–Crippen LogP) is 3.80. The highest BCUT2D eigenvalue weighted by Crippen LogP contribution is 2.31. The Bertz CT molecular complexity index is 918. The van der Waals surface area contributed by atoms with Gasteiger partial charge in [0.15, 0.2) is 4.90 Å². The molecule has 0 aliphatic rings. The Kier molecular flexibility index (Phi) is 6.05. The van der Waals surface area contributed by atoms with Crippen molar-refractivity contribution in [2.75, 3.05) is 12.3 Å². The van der Waals surface area contributed by atoms with Gasteiger partial charge in [-0.2, -0.15) is 0 Å². The van der Waals surface area contributed by atoms with Crippen molar-refractivity contribution in [2.45, 2.75) is 18.7 Å². The van der Waals surface area contributed by atoms with Gasteiger partial charge in [-0.3, -0.25) is 4.98 Å². The van der Waals surface area contributed by atoms with Crippen molar-refractivity contribution in [3.05, 3.63) is 60.7 Å². The molecule has 5 nitrogen and oxygen atoms in total. The van der Waals surface area contributed by atoms with Gasteiger partial charge in [0, 0.05) is 17.7 Å². The van der Waals surface area contributed by atoms with Crippen LogP contribution in [0.25, 0.3) is 22.4 Å². The number of halogens is 1. The molecule has 1 unspecified atom stereocenters. The summed E-state index contributed by atoms with van der Waals surface area (Å²) >= 11 is -1.38. The molecule has 1 heterocycles. The molecule has 27 heavy (non-hydrogen) atoms. The topological polar surface area (TPSA) is 86.9 Å². The molecule has 140 valence electrons. The lowest BCUT2D eigenvalue weighted by Gasteiger charge is -2.15. The lowest BCUT2D eigenvalue weighted by Crippen LogP contribution is -2.28. The molecule has 3 N–H and O–H groups in total. The molecule has 0 aliphatic carbocycles. The van der Waals surface area contributed by atoms with E-state index in [1.165, 1.54) is 18.5 Å². The first kappa shape index (κ1) is 19.3. The van der Waals surface area contributed by atoms with Crippen LogP contribution >= 0.6 is 0 Å². The minimum Gasteiger partial charge on any atom is -0.593 e. The molecule has 1 aromatic heterocycles. The number of benzene rings is 2. The third-order valence-corrected chi connectivity index (χ3v) is 5.12. The SMILES string of the molecule is CC(C)CN[S+]([O-])c1ccccc1-c1ccc(-c2cnc(N)cn2)c(F)c1. The van der Waals surface area contributed by atoms with Crippen molar-refractivity contribution in [2.24, 2.45) is 5.92 Å². The van der Waals surface area contributed by atoms with Crippen molar-refractivity contribution in [1.82, 2.24) is 14.7 Å². The highest BCUT2D eigenvalue weighted by atomic mass is 32.2. The summed E-state index contributed by atoms with van der Waals surface area (Å²) in [5.74, 6) is 0.224. The van der Waals surface area contributed by atoms with Crippen LogP contribution < -0.4 is 10.5 Å². The van der Waals surface area contributed by atoms with Crippen molar-refractivity contribution < 1.29 is 8.94 Å². The molecular weight excluding hydrogens is 363 g/mol. The first-order valence-corrected chi connectivity index (χ1v) is 9.73. The van der Waals surface area contributed by atoms with E-state index in [1.54, 1.807) is 18.2 Å². The molecule has 0 saturated heterocycles. The maximum absolute atomic E-state index is 14.7. The zero-order valence-corrected chi connectivity index (χ0v) is 16.0. The van der Waals surface area contributed by atoms with E-state index in [9.17, 15) is 8.94 Å². The molecule has 1 atom stereocenters. The second-order valence-electron chi connectivity index (χ2n) is 6.53. The number of nitrogen functional groups attached to an aromatic ring is 1. The summed E-state index contributed by atoms with van der Waals surface area (Å²) in [4.78, 5) is 8.68.